The summed E-state index contributed by atoms with van der Waals surface area (Å²) in [6.07, 6.45) is 3.13. The molecule has 27 heteroatoms. The second-order valence-electron chi connectivity index (χ2n) is 28.9. The van der Waals surface area contributed by atoms with Crippen molar-refractivity contribution in [1.82, 2.24) is 60.9 Å². The Labute approximate surface area is 583 Å². The van der Waals surface area contributed by atoms with E-state index in [0.29, 0.717) is 12.2 Å². The number of amides is 12. The van der Waals surface area contributed by atoms with Gasteiger partial charge < -0.3 is 66.0 Å². The van der Waals surface area contributed by atoms with Gasteiger partial charge in [-0.25, -0.2) is 0 Å². The van der Waals surface area contributed by atoms with Crippen molar-refractivity contribution >= 4 is 88.4 Å². The minimum atomic E-state index is -1.68. The van der Waals surface area contributed by atoms with E-state index < -0.39 is 155 Å². The summed E-state index contributed by atoms with van der Waals surface area (Å²) < 4.78 is 0. The van der Waals surface area contributed by atoms with Gasteiger partial charge in [0, 0.05) is 68.4 Å². The molecule has 554 valence electrons. The second kappa shape index (κ2) is 41.7. The number of carbonyl (C=O) groups excluding carboxylic acids is 13. The summed E-state index contributed by atoms with van der Waals surface area (Å²) >= 11 is 1.25. The van der Waals surface area contributed by atoms with Crippen LogP contribution in [-0.4, -0.2) is 256 Å². The molecule has 0 aromatic carbocycles. The summed E-state index contributed by atoms with van der Waals surface area (Å²) in [5, 5.41) is 25.9. The number of nitrogens with zero attached hydrogens (tertiary/aromatic N) is 7. The Morgan fingerprint density at radius 1 is 0.505 bits per heavy atom. The van der Waals surface area contributed by atoms with Crippen molar-refractivity contribution < 1.29 is 67.4 Å². The lowest BCUT2D eigenvalue weighted by atomic mass is 9.91. The molecular formula is C70H124N12O14S. The van der Waals surface area contributed by atoms with Crippen LogP contribution in [0.15, 0.2) is 12.2 Å². The monoisotopic (exact) mass is 1390 g/mol. The highest BCUT2D eigenvalue weighted by Crippen LogP contribution is 2.27. The number of Topliss-reactive ketones (excluding diaryl/α,β-unsaturated/α-hetero) is 1. The summed E-state index contributed by atoms with van der Waals surface area (Å²) in [7, 11) is 9.88. The standard InChI is InChI=1S/C70H124N12O14S/c1-26-28-30-45(15)59(85)58-63(89)74-50(27-2)65(91)80(23)55(38-97-32-29-31-49(84)37-71-48(18)83)68(94)76(19)52(34-40(5)6)62(88)75-56(43(11)12)69(95)77(20)51(33-39(3)4)61(87)72-46(16)60(86)73-47(17)64(90)78(21)53(35-41(7)8)66(92)79(22)54(36-42(9)10)67(93)81(24)57(44(13)14)70(96)82(58)25/h26,28,39-47,50-59,85H,27,29-38H2,1-25H3,(H,71,83)(H,72,87)(H,73,86)(H,74,89)(H,75,88)/b28-26+/t45-,46-,47+,50-,51-,52+,53-,54-,55-,56-,57-,58-,59-/m1/s1. The molecule has 1 aliphatic heterocycles. The van der Waals surface area contributed by atoms with E-state index in [1.165, 1.54) is 111 Å². The van der Waals surface area contributed by atoms with Crippen molar-refractivity contribution in [3.8, 4) is 0 Å². The minimum Gasteiger partial charge on any atom is -0.390 e. The minimum absolute atomic E-state index is 0.0503. The third-order valence-electron chi connectivity index (χ3n) is 17.9. The SMILES string of the molecule is C/C=C/C[C@@H](C)[C@@H](O)[C@@H]1C(=O)N[C@H](CC)C(=O)N(C)[C@H](CSCCCC(=O)CNC(C)=O)C(=O)N(C)[C@@H](CC(C)C)C(=O)N[C@H](C(C)C)C(=O)N(C)[C@H](CC(C)C)C(=O)N[C@H](C)C(=O)N[C@@H](C)C(=O)N(C)[C@H](CC(C)C)C(=O)N(C)[C@H](CC(C)C)C(=O)N(C)[C@H](C(C)C)C(=O)N1C. The Balaban J connectivity index is 4.54. The van der Waals surface area contributed by atoms with Crippen molar-refractivity contribution in [2.75, 3.05) is 67.4 Å². The molecule has 1 fully saturated rings. The number of hydrogen-bond acceptors (Lipinski definition) is 15. The predicted octanol–water partition coefficient (Wildman–Crippen LogP) is 3.86. The summed E-state index contributed by atoms with van der Waals surface area (Å²) in [4.78, 5) is 197. The first-order valence-corrected chi connectivity index (χ1v) is 35.8. The van der Waals surface area contributed by atoms with E-state index in [-0.39, 0.29) is 92.6 Å². The molecule has 97 heavy (non-hydrogen) atoms. The number of hydrogen-bond donors (Lipinski definition) is 6. The molecule has 6 N–H and O–H groups in total. The maximum Gasteiger partial charge on any atom is 0.246 e. The van der Waals surface area contributed by atoms with Crippen molar-refractivity contribution in [3.05, 3.63) is 12.2 Å². The van der Waals surface area contributed by atoms with Gasteiger partial charge in [-0.1, -0.05) is 109 Å². The van der Waals surface area contributed by atoms with Crippen molar-refractivity contribution in [2.45, 2.75) is 249 Å². The van der Waals surface area contributed by atoms with Gasteiger partial charge in [-0.15, -0.1) is 0 Å². The van der Waals surface area contributed by atoms with E-state index in [2.05, 4.69) is 26.6 Å². The zero-order valence-corrected chi connectivity index (χ0v) is 64.0. The molecule has 0 aromatic heterocycles. The molecule has 1 aliphatic rings. The smallest absolute Gasteiger partial charge is 0.246 e. The van der Waals surface area contributed by atoms with Gasteiger partial charge in [0.05, 0.1) is 12.6 Å². The second-order valence-corrected chi connectivity index (χ2v) is 30.1. The fourth-order valence-corrected chi connectivity index (χ4v) is 13.0. The van der Waals surface area contributed by atoms with Crippen molar-refractivity contribution in [3.63, 3.8) is 0 Å². The third kappa shape index (κ3) is 26.5. The molecule has 0 saturated carbocycles. The summed E-state index contributed by atoms with van der Waals surface area (Å²) in [5.41, 5.74) is 0. The largest absolute Gasteiger partial charge is 0.390 e. The van der Waals surface area contributed by atoms with Gasteiger partial charge in [-0.3, -0.25) is 62.3 Å². The lowest BCUT2D eigenvalue weighted by molar-refractivity contribution is -0.157. The highest BCUT2D eigenvalue weighted by Gasteiger charge is 2.46. The van der Waals surface area contributed by atoms with Gasteiger partial charge in [0.15, 0.2) is 5.78 Å². The molecule has 1 heterocycles. The topological polar surface area (TPSA) is 325 Å². The van der Waals surface area contributed by atoms with Crippen molar-refractivity contribution in [1.29, 1.82) is 0 Å². The average Bonchev–Trinajstić information content (AvgIpc) is 0.810. The number of rotatable bonds is 23. The van der Waals surface area contributed by atoms with Crippen LogP contribution in [0.3, 0.4) is 0 Å². The first kappa shape index (κ1) is 88.4. The summed E-state index contributed by atoms with van der Waals surface area (Å²) in [6, 6.07) is -14.2. The Morgan fingerprint density at radius 2 is 0.928 bits per heavy atom. The van der Waals surface area contributed by atoms with Crippen LogP contribution in [-0.2, 0) is 62.3 Å². The van der Waals surface area contributed by atoms with Gasteiger partial charge in [-0.05, 0) is 113 Å². The molecule has 0 unspecified atom stereocenters. The number of allylic oxidation sites excluding steroid dienone is 2. The number of thioether (sulfide) groups is 1. The third-order valence-corrected chi connectivity index (χ3v) is 19.1. The number of aliphatic hydroxyl groups excluding tert-OH is 1. The van der Waals surface area contributed by atoms with Crippen LogP contribution in [0.5, 0.6) is 0 Å². The zero-order chi connectivity index (χ0) is 75.0. The number of aliphatic hydroxyl groups is 1. The fourth-order valence-electron chi connectivity index (χ4n) is 11.9. The lowest BCUT2D eigenvalue weighted by Crippen LogP contribution is -2.64. The molecule has 0 aliphatic carbocycles. The fraction of sp³-hybridized carbons (Fsp3) is 0.786. The molecule has 12 amide bonds. The highest BCUT2D eigenvalue weighted by atomic mass is 32.2. The Hall–Kier alpha value is -6.64. The number of carbonyl (C=O) groups is 13. The summed E-state index contributed by atoms with van der Waals surface area (Å²) in [6.45, 7) is 30.8. The Kier molecular flexibility index (Phi) is 38.0. The predicted molar refractivity (Wildman–Crippen MR) is 378 cm³/mol. The molecule has 26 nitrogen and oxygen atoms in total. The highest BCUT2D eigenvalue weighted by molar-refractivity contribution is 7.99. The quantitative estimate of drug-likeness (QED) is 0.0625. The van der Waals surface area contributed by atoms with E-state index >= 15 is 28.8 Å². The molecule has 13 atom stereocenters. The van der Waals surface area contributed by atoms with Crippen LogP contribution in [0.2, 0.25) is 0 Å². The van der Waals surface area contributed by atoms with Crippen LogP contribution < -0.4 is 26.6 Å². The molecule has 0 radical (unpaired) electrons. The van der Waals surface area contributed by atoms with E-state index in [1.54, 1.807) is 60.6 Å². The van der Waals surface area contributed by atoms with Gasteiger partial charge in [0.2, 0.25) is 70.9 Å². The van der Waals surface area contributed by atoms with E-state index in [0.717, 1.165) is 4.90 Å². The van der Waals surface area contributed by atoms with Crippen molar-refractivity contribution in [2.24, 2.45) is 41.4 Å². The number of ketones is 1. The molecule has 0 aromatic rings. The maximum atomic E-state index is 15.4. The van der Waals surface area contributed by atoms with E-state index in [9.17, 15) is 38.7 Å². The van der Waals surface area contributed by atoms with Gasteiger partial charge >= 0.3 is 0 Å². The average molecular weight is 1390 g/mol. The molecule has 1 rings (SSSR count). The Morgan fingerprint density at radius 3 is 1.39 bits per heavy atom. The first-order valence-electron chi connectivity index (χ1n) is 34.6. The summed E-state index contributed by atoms with van der Waals surface area (Å²) in [5.74, 6) is -10.7. The van der Waals surface area contributed by atoms with Crippen LogP contribution in [0.25, 0.3) is 0 Å². The van der Waals surface area contributed by atoms with E-state index in [4.69, 9.17) is 0 Å². The molecule has 0 bridgehead atoms. The number of nitrogens with one attached hydrogen (secondary N) is 5. The van der Waals surface area contributed by atoms with Crippen LogP contribution >= 0.6 is 11.8 Å². The molecule has 1 saturated heterocycles. The molecular weight excluding hydrogens is 1260 g/mol. The van der Waals surface area contributed by atoms with Gasteiger partial charge in [0.1, 0.15) is 66.5 Å². The number of likely N-dealkylation sites (N-methyl/N-ethyl adjacent to an activating group) is 7. The Bertz CT molecular complexity index is 2710. The molecule has 0 spiro atoms. The first-order chi connectivity index (χ1) is 44.9. The van der Waals surface area contributed by atoms with Gasteiger partial charge in [-0.2, -0.15) is 11.8 Å². The lowest BCUT2D eigenvalue weighted by Gasteiger charge is -2.41. The van der Waals surface area contributed by atoms with Gasteiger partial charge in [0.25, 0.3) is 0 Å². The van der Waals surface area contributed by atoms with Crippen LogP contribution in [0.1, 0.15) is 176 Å². The van der Waals surface area contributed by atoms with Crippen LogP contribution in [0.4, 0.5) is 0 Å². The van der Waals surface area contributed by atoms with Crippen LogP contribution in [0, 0.1) is 41.4 Å². The zero-order valence-electron chi connectivity index (χ0n) is 63.2. The normalized spacial score (nSPS) is 25.7. The maximum absolute atomic E-state index is 15.4. The van der Waals surface area contributed by atoms with E-state index in [1.807, 2.05) is 55.4 Å².